The van der Waals surface area contributed by atoms with E-state index in [2.05, 4.69) is 27.9 Å². The van der Waals surface area contributed by atoms with Crippen molar-refractivity contribution in [1.82, 2.24) is 9.97 Å². The minimum absolute atomic E-state index is 0.506. The van der Waals surface area contributed by atoms with Crippen LogP contribution in [0.4, 0.5) is 5.82 Å². The van der Waals surface area contributed by atoms with Gasteiger partial charge < -0.3 is 4.90 Å². The summed E-state index contributed by atoms with van der Waals surface area (Å²) < 4.78 is 0. The summed E-state index contributed by atoms with van der Waals surface area (Å²) in [6, 6.07) is 10.1. The van der Waals surface area contributed by atoms with Crippen LogP contribution in [0, 0.1) is 11.3 Å². The van der Waals surface area contributed by atoms with Crippen LogP contribution in [-0.2, 0) is 0 Å². The van der Waals surface area contributed by atoms with Crippen molar-refractivity contribution in [2.75, 3.05) is 18.0 Å². The maximum atomic E-state index is 8.66. The molecule has 17 heavy (non-hydrogen) atoms. The number of para-hydroxylation sites is 1. The molecule has 86 valence electrons. The second-order valence-corrected chi connectivity index (χ2v) is 3.70. The maximum absolute atomic E-state index is 8.66. The summed E-state index contributed by atoms with van der Waals surface area (Å²) in [5, 5.41) is 9.70. The fourth-order valence-corrected chi connectivity index (χ4v) is 1.84. The predicted molar refractivity (Wildman–Crippen MR) is 67.7 cm³/mol. The molecule has 2 rings (SSSR count). The number of nitriles is 1. The lowest BCUT2D eigenvalue weighted by molar-refractivity contribution is 0.813. The lowest BCUT2D eigenvalue weighted by Crippen LogP contribution is -2.25. The third kappa shape index (κ3) is 2.34. The number of rotatable bonds is 4. The second kappa shape index (κ2) is 5.26. The average molecular weight is 226 g/mol. The highest BCUT2D eigenvalue weighted by Crippen LogP contribution is 2.22. The SMILES string of the molecule is CCN(CCC#N)c1ncnc2ccccc12. The van der Waals surface area contributed by atoms with E-state index in [1.54, 1.807) is 6.33 Å². The number of aromatic nitrogens is 2. The van der Waals surface area contributed by atoms with Gasteiger partial charge in [-0.2, -0.15) is 5.26 Å². The van der Waals surface area contributed by atoms with Crippen molar-refractivity contribution in [3.63, 3.8) is 0 Å². The smallest absolute Gasteiger partial charge is 0.139 e. The Hall–Kier alpha value is -2.15. The van der Waals surface area contributed by atoms with E-state index in [1.807, 2.05) is 24.3 Å². The molecule has 1 heterocycles. The zero-order chi connectivity index (χ0) is 12.1. The maximum Gasteiger partial charge on any atom is 0.139 e. The van der Waals surface area contributed by atoms with Gasteiger partial charge in [-0.25, -0.2) is 9.97 Å². The molecular formula is C13H14N4. The van der Waals surface area contributed by atoms with Crippen molar-refractivity contribution >= 4 is 16.7 Å². The second-order valence-electron chi connectivity index (χ2n) is 3.70. The third-order valence-electron chi connectivity index (χ3n) is 2.70. The van der Waals surface area contributed by atoms with E-state index in [9.17, 15) is 0 Å². The number of benzene rings is 1. The topological polar surface area (TPSA) is 52.8 Å². The van der Waals surface area contributed by atoms with Crippen LogP contribution in [0.3, 0.4) is 0 Å². The van der Waals surface area contributed by atoms with Crippen LogP contribution in [0.15, 0.2) is 30.6 Å². The Balaban J connectivity index is 2.43. The van der Waals surface area contributed by atoms with Crippen LogP contribution in [0.2, 0.25) is 0 Å². The first-order chi connectivity index (χ1) is 8.36. The van der Waals surface area contributed by atoms with E-state index in [1.165, 1.54) is 0 Å². The van der Waals surface area contributed by atoms with E-state index < -0.39 is 0 Å². The highest BCUT2D eigenvalue weighted by molar-refractivity contribution is 5.89. The molecule has 4 nitrogen and oxygen atoms in total. The predicted octanol–water partition coefficient (Wildman–Crippen LogP) is 2.37. The normalized spacial score (nSPS) is 10.1. The van der Waals surface area contributed by atoms with E-state index in [0.717, 1.165) is 23.3 Å². The van der Waals surface area contributed by atoms with Crippen LogP contribution in [0.25, 0.3) is 10.9 Å². The van der Waals surface area contributed by atoms with Crippen molar-refractivity contribution in [1.29, 1.82) is 5.26 Å². The van der Waals surface area contributed by atoms with E-state index in [-0.39, 0.29) is 0 Å². The van der Waals surface area contributed by atoms with Crippen LogP contribution in [0.1, 0.15) is 13.3 Å². The quantitative estimate of drug-likeness (QED) is 0.803. The molecule has 0 aliphatic carbocycles. The standard InChI is InChI=1S/C13H14N4/c1-2-17(9-5-8-14)13-11-6-3-4-7-12(11)15-10-16-13/h3-4,6-7,10H,2,5,9H2,1H3. The summed E-state index contributed by atoms with van der Waals surface area (Å²) in [4.78, 5) is 10.7. The number of fused-ring (bicyclic) bond motifs is 1. The Morgan fingerprint density at radius 2 is 2.12 bits per heavy atom. The molecule has 2 aromatic rings. The number of hydrogen-bond donors (Lipinski definition) is 0. The van der Waals surface area contributed by atoms with Gasteiger partial charge >= 0.3 is 0 Å². The van der Waals surface area contributed by atoms with E-state index in [4.69, 9.17) is 5.26 Å². The summed E-state index contributed by atoms with van der Waals surface area (Å²) >= 11 is 0. The first-order valence-corrected chi connectivity index (χ1v) is 5.68. The average Bonchev–Trinajstić information content (AvgIpc) is 2.40. The van der Waals surface area contributed by atoms with Gasteiger partial charge in [0, 0.05) is 18.5 Å². The van der Waals surface area contributed by atoms with E-state index >= 15 is 0 Å². The molecule has 0 bridgehead atoms. The molecule has 0 unspecified atom stereocenters. The molecule has 0 radical (unpaired) electrons. The van der Waals surface area contributed by atoms with Gasteiger partial charge in [0.2, 0.25) is 0 Å². The summed E-state index contributed by atoms with van der Waals surface area (Å²) in [6.07, 6.45) is 2.08. The van der Waals surface area contributed by atoms with Crippen LogP contribution in [-0.4, -0.2) is 23.1 Å². The Bertz CT molecular complexity index is 539. The fourth-order valence-electron chi connectivity index (χ4n) is 1.84. The molecule has 4 heteroatoms. The molecule has 1 aromatic heterocycles. The van der Waals surface area contributed by atoms with Crippen LogP contribution >= 0.6 is 0 Å². The molecule has 0 aliphatic rings. The summed E-state index contributed by atoms with van der Waals surface area (Å²) in [6.45, 7) is 3.60. The lowest BCUT2D eigenvalue weighted by Gasteiger charge is -2.21. The number of anilines is 1. The third-order valence-corrected chi connectivity index (χ3v) is 2.70. The zero-order valence-corrected chi connectivity index (χ0v) is 9.80. The fraction of sp³-hybridized carbons (Fsp3) is 0.308. The van der Waals surface area contributed by atoms with Crippen molar-refractivity contribution in [2.45, 2.75) is 13.3 Å². The molecule has 1 aromatic carbocycles. The molecule has 0 amide bonds. The largest absolute Gasteiger partial charge is 0.355 e. The highest BCUT2D eigenvalue weighted by atomic mass is 15.2. The summed E-state index contributed by atoms with van der Waals surface area (Å²) in [5.74, 6) is 0.911. The first kappa shape index (κ1) is 11.3. The van der Waals surface area contributed by atoms with Crippen molar-refractivity contribution in [3.05, 3.63) is 30.6 Å². The Labute approximate surface area is 101 Å². The molecule has 0 aliphatic heterocycles. The number of hydrogen-bond acceptors (Lipinski definition) is 4. The molecular weight excluding hydrogens is 212 g/mol. The van der Waals surface area contributed by atoms with Gasteiger partial charge in [0.1, 0.15) is 12.1 Å². The van der Waals surface area contributed by atoms with Gasteiger partial charge in [-0.3, -0.25) is 0 Å². The Morgan fingerprint density at radius 1 is 1.29 bits per heavy atom. The van der Waals surface area contributed by atoms with Crippen molar-refractivity contribution in [3.8, 4) is 6.07 Å². The van der Waals surface area contributed by atoms with Gasteiger partial charge in [0.05, 0.1) is 18.0 Å². The van der Waals surface area contributed by atoms with Crippen molar-refractivity contribution in [2.24, 2.45) is 0 Å². The van der Waals surface area contributed by atoms with Gasteiger partial charge in [-0.05, 0) is 19.1 Å². The van der Waals surface area contributed by atoms with Crippen LogP contribution in [0.5, 0.6) is 0 Å². The van der Waals surface area contributed by atoms with Crippen molar-refractivity contribution < 1.29 is 0 Å². The molecule has 0 N–H and O–H groups in total. The Kier molecular flexibility index (Phi) is 3.51. The molecule has 0 spiro atoms. The monoisotopic (exact) mass is 226 g/mol. The highest BCUT2D eigenvalue weighted by Gasteiger charge is 2.09. The summed E-state index contributed by atoms with van der Waals surface area (Å²) in [5.41, 5.74) is 0.938. The number of nitrogens with zero attached hydrogens (tertiary/aromatic N) is 4. The minimum atomic E-state index is 0.506. The van der Waals surface area contributed by atoms with Gasteiger partial charge in [0.15, 0.2) is 0 Å². The molecule has 0 saturated carbocycles. The Morgan fingerprint density at radius 3 is 2.88 bits per heavy atom. The van der Waals surface area contributed by atoms with Gasteiger partial charge in [-0.1, -0.05) is 12.1 Å². The summed E-state index contributed by atoms with van der Waals surface area (Å²) in [7, 11) is 0. The van der Waals surface area contributed by atoms with Crippen LogP contribution < -0.4 is 4.90 Å². The van der Waals surface area contributed by atoms with E-state index in [0.29, 0.717) is 13.0 Å². The molecule has 0 fully saturated rings. The minimum Gasteiger partial charge on any atom is -0.355 e. The molecule has 0 atom stereocenters. The van der Waals surface area contributed by atoms with Gasteiger partial charge in [0.25, 0.3) is 0 Å². The van der Waals surface area contributed by atoms with Gasteiger partial charge in [-0.15, -0.1) is 0 Å². The lowest BCUT2D eigenvalue weighted by atomic mass is 10.2. The molecule has 0 saturated heterocycles. The first-order valence-electron chi connectivity index (χ1n) is 5.68. The zero-order valence-electron chi connectivity index (χ0n) is 9.80.